The van der Waals surface area contributed by atoms with Crippen LogP contribution < -0.4 is 14.2 Å². The van der Waals surface area contributed by atoms with Gasteiger partial charge in [0.05, 0.1) is 5.56 Å². The Kier molecular flexibility index (Phi) is 10.9. The van der Waals surface area contributed by atoms with Gasteiger partial charge in [-0.15, -0.1) is 0 Å². The van der Waals surface area contributed by atoms with E-state index < -0.39 is 28.7 Å². The van der Waals surface area contributed by atoms with Crippen LogP contribution in [0.2, 0.25) is 0 Å². The molecule has 0 saturated heterocycles. The van der Waals surface area contributed by atoms with E-state index in [-0.39, 0.29) is 17.1 Å². The second-order valence-corrected chi connectivity index (χ2v) is 13.4. The third kappa shape index (κ3) is 10.2. The summed E-state index contributed by atoms with van der Waals surface area (Å²) < 4.78 is 24.2. The molecule has 8 nitrogen and oxygen atoms in total. The molecule has 8 heteroatoms. The Morgan fingerprint density at radius 2 is 1.42 bits per heavy atom. The molecule has 0 aromatic heterocycles. The van der Waals surface area contributed by atoms with E-state index in [0.29, 0.717) is 29.4 Å². The molecule has 0 aliphatic rings. The summed E-state index contributed by atoms with van der Waals surface area (Å²) >= 11 is 0. The minimum absolute atomic E-state index is 0.156. The highest BCUT2D eigenvalue weighted by atomic mass is 16.6. The van der Waals surface area contributed by atoms with Gasteiger partial charge in [0, 0.05) is 24.3 Å². The molecule has 0 spiro atoms. The summed E-state index contributed by atoms with van der Waals surface area (Å²) in [6.45, 7) is 19.1. The Balaban J connectivity index is 1.94. The van der Waals surface area contributed by atoms with Gasteiger partial charge < -0.3 is 29.5 Å². The predicted octanol–water partition coefficient (Wildman–Crippen LogP) is 8.53. The summed E-state index contributed by atoms with van der Waals surface area (Å²) in [7, 11) is 0. The number of carbonyl (C=O) groups is 2. The highest BCUT2D eigenvalue weighted by molar-refractivity contribution is 5.94. The van der Waals surface area contributed by atoms with Crippen molar-refractivity contribution in [2.45, 2.75) is 85.0 Å². The summed E-state index contributed by atoms with van der Waals surface area (Å²) in [6, 6.07) is 16.8. The number of phenols is 1. The number of hydrogen-bond acceptors (Lipinski definition) is 8. The molecule has 240 valence electrons. The Bertz CT molecular complexity index is 1530. The van der Waals surface area contributed by atoms with Gasteiger partial charge in [-0.3, -0.25) is 0 Å². The Morgan fingerprint density at radius 1 is 0.822 bits per heavy atom. The zero-order valence-electron chi connectivity index (χ0n) is 27.5. The quantitative estimate of drug-likeness (QED) is 0.0808. The first-order chi connectivity index (χ1) is 20.9. The predicted molar refractivity (Wildman–Crippen MR) is 177 cm³/mol. The molecule has 0 bridgehead atoms. The van der Waals surface area contributed by atoms with Crippen LogP contribution in [0.1, 0.15) is 84.2 Å². The van der Waals surface area contributed by atoms with Crippen LogP contribution in [0.4, 0.5) is 0 Å². The third-order valence-corrected chi connectivity index (χ3v) is 6.82. The first-order valence-electron chi connectivity index (χ1n) is 15.0. The highest BCUT2D eigenvalue weighted by Crippen LogP contribution is 2.38. The summed E-state index contributed by atoms with van der Waals surface area (Å²) in [5.74, 6) is 0.412. The lowest BCUT2D eigenvalue weighted by molar-refractivity contribution is -0.154. The first kappa shape index (κ1) is 34.9. The van der Waals surface area contributed by atoms with Crippen LogP contribution in [0.3, 0.4) is 0 Å². The average Bonchev–Trinajstić information content (AvgIpc) is 2.92. The summed E-state index contributed by atoms with van der Waals surface area (Å²) in [5.41, 5.74) is 0.0677. The van der Waals surface area contributed by atoms with Crippen LogP contribution in [-0.4, -0.2) is 40.1 Å². The number of carbonyl (C=O) groups excluding carboxylic acids is 2. The van der Waals surface area contributed by atoms with Gasteiger partial charge in [0.25, 0.3) is 0 Å². The molecule has 0 unspecified atom stereocenters. The van der Waals surface area contributed by atoms with Crippen LogP contribution in [-0.2, 0) is 9.53 Å². The monoisotopic (exact) mass is 615 g/mol. The van der Waals surface area contributed by atoms with Gasteiger partial charge in [-0.2, -0.15) is 0 Å². The second kappa shape index (κ2) is 14.0. The molecular weight excluding hydrogens is 570 g/mol. The molecule has 0 aliphatic heterocycles. The van der Waals surface area contributed by atoms with E-state index in [1.807, 2.05) is 27.7 Å². The van der Waals surface area contributed by atoms with Crippen molar-refractivity contribution in [3.63, 3.8) is 0 Å². The molecule has 0 fully saturated rings. The van der Waals surface area contributed by atoms with E-state index >= 15 is 0 Å². The molecule has 3 rings (SSSR count). The van der Waals surface area contributed by atoms with E-state index in [0.717, 1.165) is 29.8 Å². The minimum atomic E-state index is -0.862. The van der Waals surface area contributed by atoms with Gasteiger partial charge in [0.15, 0.2) is 11.5 Å². The molecule has 0 aliphatic carbocycles. The van der Waals surface area contributed by atoms with Crippen LogP contribution in [0.5, 0.6) is 23.0 Å². The molecular formula is C37H45NO7. The van der Waals surface area contributed by atoms with Crippen LogP contribution >= 0.6 is 0 Å². The minimum Gasteiger partial charge on any atom is -0.508 e. The van der Waals surface area contributed by atoms with Crippen molar-refractivity contribution in [3.05, 3.63) is 84.4 Å². The number of benzene rings is 3. The molecule has 3 aromatic carbocycles. The maximum Gasteiger partial charge on any atom is 0.343 e. The second-order valence-electron chi connectivity index (χ2n) is 13.4. The number of ether oxygens (including phenoxy) is 4. The first-order valence-corrected chi connectivity index (χ1v) is 15.0. The number of aromatic hydroxyl groups is 1. The largest absolute Gasteiger partial charge is 0.508 e. The lowest BCUT2D eigenvalue weighted by Crippen LogP contribution is -2.40. The number of nitrogens with one attached hydrogen (secondary N) is 1. The van der Waals surface area contributed by atoms with Gasteiger partial charge in [-0.25, -0.2) is 9.59 Å². The van der Waals surface area contributed by atoms with Crippen molar-refractivity contribution in [1.82, 2.24) is 0 Å². The SMILES string of the molecule is C=CC(=O)OC(C)(C)CC(C)(C)Oc1cc(C(=O)Oc2ccc(-c3ccc(O)cc3)cc2C=N)ccc1OC(C)(C)CC(C)C. The summed E-state index contributed by atoms with van der Waals surface area (Å²) in [6.07, 6.45) is 3.37. The lowest BCUT2D eigenvalue weighted by atomic mass is 9.92. The number of esters is 2. The summed E-state index contributed by atoms with van der Waals surface area (Å²) in [4.78, 5) is 25.3. The molecule has 3 aromatic rings. The Labute approximate surface area is 266 Å². The van der Waals surface area contributed by atoms with Gasteiger partial charge in [0.1, 0.15) is 28.3 Å². The fourth-order valence-corrected chi connectivity index (χ4v) is 5.58. The molecule has 0 heterocycles. The fourth-order valence-electron chi connectivity index (χ4n) is 5.58. The average molecular weight is 616 g/mol. The zero-order chi connectivity index (χ0) is 33.6. The molecule has 0 saturated carbocycles. The maximum atomic E-state index is 13.4. The standard InChI is InChI=1S/C37H45NO7/c1-10-33(40)45-37(8,9)23-36(6,7)44-32-20-27(14-18-31(32)43-35(4,5)21-24(2)3)34(41)42-30-17-13-26(19-28(30)22-38)25-11-15-29(39)16-12-25/h10-20,22,24,38-39H,1,21,23H2,2-9H3. The van der Waals surface area contributed by atoms with Crippen LogP contribution in [0, 0.1) is 11.3 Å². The smallest absolute Gasteiger partial charge is 0.343 e. The van der Waals surface area contributed by atoms with E-state index in [4.69, 9.17) is 24.4 Å². The number of rotatable bonds is 14. The fraction of sp³-hybridized carbons (Fsp3) is 0.378. The van der Waals surface area contributed by atoms with Gasteiger partial charge in [0.2, 0.25) is 0 Å². The van der Waals surface area contributed by atoms with Gasteiger partial charge >= 0.3 is 11.9 Å². The van der Waals surface area contributed by atoms with Crippen molar-refractivity contribution in [2.75, 3.05) is 0 Å². The van der Waals surface area contributed by atoms with E-state index in [9.17, 15) is 14.7 Å². The third-order valence-electron chi connectivity index (χ3n) is 6.82. The Morgan fingerprint density at radius 3 is 2.02 bits per heavy atom. The molecule has 0 radical (unpaired) electrons. The molecule has 0 atom stereocenters. The molecule has 45 heavy (non-hydrogen) atoms. The van der Waals surface area contributed by atoms with E-state index in [2.05, 4.69) is 20.4 Å². The number of phenolic OH excluding ortho intramolecular Hbond substituents is 1. The molecule has 0 amide bonds. The molecule has 2 N–H and O–H groups in total. The highest BCUT2D eigenvalue weighted by Gasteiger charge is 2.34. The van der Waals surface area contributed by atoms with Crippen molar-refractivity contribution in [2.24, 2.45) is 5.92 Å². The van der Waals surface area contributed by atoms with Crippen LogP contribution in [0.15, 0.2) is 73.3 Å². The van der Waals surface area contributed by atoms with Crippen molar-refractivity contribution >= 4 is 18.2 Å². The van der Waals surface area contributed by atoms with Gasteiger partial charge in [-0.1, -0.05) is 38.6 Å². The van der Waals surface area contributed by atoms with Crippen molar-refractivity contribution < 1.29 is 33.6 Å². The topological polar surface area (TPSA) is 115 Å². The van der Waals surface area contributed by atoms with Crippen LogP contribution in [0.25, 0.3) is 11.1 Å². The number of hydrogen-bond donors (Lipinski definition) is 2. The maximum absolute atomic E-state index is 13.4. The summed E-state index contributed by atoms with van der Waals surface area (Å²) in [5, 5.41) is 17.5. The van der Waals surface area contributed by atoms with Gasteiger partial charge in [-0.05, 0) is 107 Å². The van der Waals surface area contributed by atoms with Crippen molar-refractivity contribution in [1.29, 1.82) is 5.41 Å². The van der Waals surface area contributed by atoms with E-state index in [1.165, 1.54) is 0 Å². The van der Waals surface area contributed by atoms with E-state index in [1.54, 1.807) is 74.5 Å². The van der Waals surface area contributed by atoms with Crippen molar-refractivity contribution in [3.8, 4) is 34.1 Å². The lowest BCUT2D eigenvalue weighted by Gasteiger charge is -2.36. The zero-order valence-corrected chi connectivity index (χ0v) is 27.5. The Hall–Kier alpha value is -4.59. The normalized spacial score (nSPS) is 11.9.